The second-order valence-electron chi connectivity index (χ2n) is 4.46. The van der Waals surface area contributed by atoms with Gasteiger partial charge in [-0.05, 0) is 6.92 Å². The van der Waals surface area contributed by atoms with Gasteiger partial charge in [0, 0.05) is 0 Å². The van der Waals surface area contributed by atoms with Gasteiger partial charge in [-0.15, -0.1) is 0 Å². The Morgan fingerprint density at radius 1 is 1.00 bits per heavy atom. The van der Waals surface area contributed by atoms with Crippen molar-refractivity contribution < 1.29 is 13.2 Å². The van der Waals surface area contributed by atoms with Gasteiger partial charge in [0.05, 0.1) is 5.56 Å². The lowest BCUT2D eigenvalue weighted by Crippen LogP contribution is -2.22. The third kappa shape index (κ3) is 3.63. The first kappa shape index (κ1) is 13.7. The van der Waals surface area contributed by atoms with E-state index < -0.39 is 11.7 Å². The predicted molar refractivity (Wildman–Crippen MR) is 71.7 cm³/mol. The average molecular weight is 261 g/mol. The van der Waals surface area contributed by atoms with Crippen LogP contribution in [-0.4, -0.2) is 7.28 Å². The number of rotatable bonds is 3. The Morgan fingerprint density at radius 2 is 1.68 bits per heavy atom. The summed E-state index contributed by atoms with van der Waals surface area (Å²) < 4.78 is 37.9. The van der Waals surface area contributed by atoms with Crippen molar-refractivity contribution in [1.82, 2.24) is 0 Å². The average Bonchev–Trinajstić information content (AvgIpc) is 2.37. The SMILES string of the molecule is Cc1ccc(C(F)(F)F)cc1[B-]Cc1ccccc1. The van der Waals surface area contributed by atoms with E-state index in [4.69, 9.17) is 0 Å². The minimum Gasteiger partial charge on any atom is -0.291 e. The maximum Gasteiger partial charge on any atom is 0.416 e. The van der Waals surface area contributed by atoms with E-state index in [1.807, 2.05) is 44.5 Å². The van der Waals surface area contributed by atoms with Crippen LogP contribution < -0.4 is 5.46 Å². The maximum absolute atomic E-state index is 12.6. The molecule has 2 aromatic rings. The molecule has 0 aromatic heterocycles. The normalized spacial score (nSPS) is 11.6. The number of halogens is 3. The molecule has 0 fully saturated rings. The van der Waals surface area contributed by atoms with Crippen LogP contribution in [0.4, 0.5) is 13.2 Å². The van der Waals surface area contributed by atoms with Crippen LogP contribution in [0.3, 0.4) is 0 Å². The Labute approximate surface area is 111 Å². The summed E-state index contributed by atoms with van der Waals surface area (Å²) in [5, 5.41) is 0. The monoisotopic (exact) mass is 261 g/mol. The third-order valence-corrected chi connectivity index (χ3v) is 3.01. The minimum atomic E-state index is -4.29. The molecule has 19 heavy (non-hydrogen) atoms. The Kier molecular flexibility index (Phi) is 3.98. The summed E-state index contributed by atoms with van der Waals surface area (Å²) in [5.74, 6) is 0. The molecule has 0 bridgehead atoms. The second kappa shape index (κ2) is 5.51. The second-order valence-corrected chi connectivity index (χ2v) is 4.46. The van der Waals surface area contributed by atoms with Crippen LogP contribution in [0.5, 0.6) is 0 Å². The summed E-state index contributed by atoms with van der Waals surface area (Å²) in [6.07, 6.45) is -3.66. The Morgan fingerprint density at radius 3 is 2.32 bits per heavy atom. The van der Waals surface area contributed by atoms with Crippen molar-refractivity contribution >= 4 is 12.7 Å². The van der Waals surface area contributed by atoms with Crippen LogP contribution >= 0.6 is 0 Å². The van der Waals surface area contributed by atoms with Crippen molar-refractivity contribution in [2.75, 3.05) is 0 Å². The molecule has 0 spiro atoms. The van der Waals surface area contributed by atoms with E-state index in [2.05, 4.69) is 0 Å². The topological polar surface area (TPSA) is 0 Å². The van der Waals surface area contributed by atoms with Gasteiger partial charge in [0.1, 0.15) is 0 Å². The highest BCUT2D eigenvalue weighted by Crippen LogP contribution is 2.28. The van der Waals surface area contributed by atoms with Crippen molar-refractivity contribution in [3.63, 3.8) is 0 Å². The van der Waals surface area contributed by atoms with E-state index in [1.54, 1.807) is 0 Å². The van der Waals surface area contributed by atoms with Gasteiger partial charge in [0.15, 0.2) is 0 Å². The lowest BCUT2D eigenvalue weighted by molar-refractivity contribution is -0.137. The summed E-state index contributed by atoms with van der Waals surface area (Å²) in [6, 6.07) is 13.5. The van der Waals surface area contributed by atoms with Gasteiger partial charge < -0.3 is 0 Å². The van der Waals surface area contributed by atoms with Crippen molar-refractivity contribution in [2.24, 2.45) is 0 Å². The molecule has 98 valence electrons. The van der Waals surface area contributed by atoms with Crippen molar-refractivity contribution in [3.8, 4) is 0 Å². The van der Waals surface area contributed by atoms with Crippen molar-refractivity contribution in [2.45, 2.75) is 19.4 Å². The lowest BCUT2D eigenvalue weighted by atomic mass is 9.63. The zero-order valence-corrected chi connectivity index (χ0v) is 10.5. The van der Waals surface area contributed by atoms with Gasteiger partial charge in [-0.3, -0.25) is 12.7 Å². The highest BCUT2D eigenvalue weighted by atomic mass is 19.4. The van der Waals surface area contributed by atoms with E-state index in [0.717, 1.165) is 17.2 Å². The molecule has 2 rings (SSSR count). The van der Waals surface area contributed by atoms with E-state index in [-0.39, 0.29) is 0 Å². The Bertz CT molecular complexity index is 547. The molecular weight excluding hydrogens is 248 g/mol. The summed E-state index contributed by atoms with van der Waals surface area (Å²) in [5.41, 5.74) is 1.97. The number of alkyl halides is 3. The molecule has 0 unspecified atom stereocenters. The largest absolute Gasteiger partial charge is 0.416 e. The van der Waals surface area contributed by atoms with E-state index in [0.29, 0.717) is 11.8 Å². The third-order valence-electron chi connectivity index (χ3n) is 3.01. The molecule has 0 saturated heterocycles. The summed E-state index contributed by atoms with van der Waals surface area (Å²) in [7, 11) is 1.83. The Balaban J connectivity index is 2.16. The summed E-state index contributed by atoms with van der Waals surface area (Å²) >= 11 is 0. The molecule has 0 aliphatic carbocycles. The first-order valence-electron chi connectivity index (χ1n) is 6.02. The maximum atomic E-state index is 12.6. The van der Waals surface area contributed by atoms with Gasteiger partial charge in [0.2, 0.25) is 0 Å². The fourth-order valence-corrected chi connectivity index (χ4v) is 1.88. The highest BCUT2D eigenvalue weighted by Gasteiger charge is 2.29. The first-order chi connectivity index (χ1) is 8.97. The molecule has 0 heterocycles. The smallest absolute Gasteiger partial charge is 0.291 e. The van der Waals surface area contributed by atoms with Crippen molar-refractivity contribution in [1.29, 1.82) is 0 Å². The molecule has 4 heteroatoms. The zero-order chi connectivity index (χ0) is 13.9. The molecule has 0 N–H and O–H groups in total. The molecule has 0 aliphatic rings. The molecule has 0 atom stereocenters. The van der Waals surface area contributed by atoms with Gasteiger partial charge in [-0.1, -0.05) is 59.7 Å². The number of hydrogen-bond donors (Lipinski definition) is 0. The van der Waals surface area contributed by atoms with E-state index in [1.165, 1.54) is 12.1 Å². The van der Waals surface area contributed by atoms with Crippen LogP contribution in [0, 0.1) is 6.92 Å². The number of benzene rings is 2. The molecule has 0 saturated carbocycles. The molecule has 0 amide bonds. The standard InChI is InChI=1S/C15H13BF3/c1-11-7-8-13(15(17,18)19)9-14(11)16-10-12-5-3-2-4-6-12/h2-9H,10H2,1H3/q-1. The summed E-state index contributed by atoms with van der Waals surface area (Å²) in [6.45, 7) is 1.82. The number of hydrogen-bond acceptors (Lipinski definition) is 0. The predicted octanol–water partition coefficient (Wildman–Crippen LogP) is 3.54. The molecular formula is C15H13BF3-. The number of aryl methyl sites for hydroxylation is 1. The highest BCUT2D eigenvalue weighted by molar-refractivity contribution is 6.53. The molecule has 2 radical (unpaired) electrons. The van der Waals surface area contributed by atoms with Gasteiger partial charge in [-0.25, -0.2) is 6.32 Å². The minimum absolute atomic E-state index is 0.600. The quantitative estimate of drug-likeness (QED) is 0.741. The Hall–Kier alpha value is -1.71. The van der Waals surface area contributed by atoms with Crippen molar-refractivity contribution in [3.05, 3.63) is 65.2 Å². The fourth-order valence-electron chi connectivity index (χ4n) is 1.88. The fraction of sp³-hybridized carbons (Fsp3) is 0.200. The van der Waals surface area contributed by atoms with Crippen LogP contribution in [0.1, 0.15) is 16.7 Å². The lowest BCUT2D eigenvalue weighted by Gasteiger charge is -2.21. The van der Waals surface area contributed by atoms with Gasteiger partial charge in [0.25, 0.3) is 0 Å². The zero-order valence-electron chi connectivity index (χ0n) is 10.5. The van der Waals surface area contributed by atoms with E-state index in [9.17, 15) is 13.2 Å². The van der Waals surface area contributed by atoms with Crippen LogP contribution in [-0.2, 0) is 12.5 Å². The first-order valence-corrected chi connectivity index (χ1v) is 6.02. The van der Waals surface area contributed by atoms with Gasteiger partial charge in [-0.2, -0.15) is 13.2 Å². The van der Waals surface area contributed by atoms with Crippen LogP contribution in [0.25, 0.3) is 0 Å². The van der Waals surface area contributed by atoms with Crippen LogP contribution in [0.15, 0.2) is 48.5 Å². The molecule has 0 nitrogen and oxygen atoms in total. The summed E-state index contributed by atoms with van der Waals surface area (Å²) in [4.78, 5) is 0. The molecule has 2 aromatic carbocycles. The molecule has 0 aliphatic heterocycles. The van der Waals surface area contributed by atoms with Crippen LogP contribution in [0.2, 0.25) is 0 Å². The van der Waals surface area contributed by atoms with E-state index >= 15 is 0 Å². The van der Waals surface area contributed by atoms with Gasteiger partial charge >= 0.3 is 6.18 Å².